The molecule has 0 saturated heterocycles. The number of carboxylic acid groups (broad SMARTS) is 1. The highest BCUT2D eigenvalue weighted by atomic mass is 16.4. The van der Waals surface area contributed by atoms with Gasteiger partial charge >= 0.3 is 5.97 Å². The predicted molar refractivity (Wildman–Crippen MR) is 78.4 cm³/mol. The Kier molecular flexibility index (Phi) is 2.81. The SMILES string of the molecule is O=C(O)c1cccc2c1CCCN2C(=O)C1C2CCCC21. The molecule has 1 heterocycles. The molecular formula is C17H19NO3. The van der Waals surface area contributed by atoms with Gasteiger partial charge in [0.15, 0.2) is 0 Å². The Balaban J connectivity index is 1.66. The van der Waals surface area contributed by atoms with E-state index in [-0.39, 0.29) is 11.8 Å². The topological polar surface area (TPSA) is 57.6 Å². The van der Waals surface area contributed by atoms with Crippen LogP contribution < -0.4 is 4.90 Å². The molecule has 2 atom stereocenters. The van der Waals surface area contributed by atoms with Crippen molar-refractivity contribution < 1.29 is 14.7 Å². The molecule has 0 aromatic heterocycles. The second-order valence-electron chi connectivity index (χ2n) is 6.49. The van der Waals surface area contributed by atoms with E-state index in [4.69, 9.17) is 0 Å². The molecule has 0 spiro atoms. The van der Waals surface area contributed by atoms with Gasteiger partial charge < -0.3 is 10.0 Å². The van der Waals surface area contributed by atoms with Crippen molar-refractivity contribution in [1.82, 2.24) is 0 Å². The zero-order valence-corrected chi connectivity index (χ0v) is 11.9. The number of carbonyl (C=O) groups excluding carboxylic acids is 1. The maximum Gasteiger partial charge on any atom is 0.336 e. The third-order valence-electron chi connectivity index (χ3n) is 5.44. The van der Waals surface area contributed by atoms with Crippen LogP contribution in [0.25, 0.3) is 0 Å². The molecule has 110 valence electrons. The summed E-state index contributed by atoms with van der Waals surface area (Å²) in [6.45, 7) is 0.727. The first-order valence-corrected chi connectivity index (χ1v) is 7.85. The number of fused-ring (bicyclic) bond motifs is 2. The molecule has 0 radical (unpaired) electrons. The van der Waals surface area contributed by atoms with Crippen LogP contribution >= 0.6 is 0 Å². The van der Waals surface area contributed by atoms with Crippen LogP contribution in [0.1, 0.15) is 41.6 Å². The third kappa shape index (κ3) is 1.88. The summed E-state index contributed by atoms with van der Waals surface area (Å²) in [4.78, 5) is 26.0. The van der Waals surface area contributed by atoms with Gasteiger partial charge in [-0.3, -0.25) is 4.79 Å². The van der Waals surface area contributed by atoms with Crippen molar-refractivity contribution in [3.05, 3.63) is 29.3 Å². The standard InChI is InChI=1S/C17H19NO3/c19-16(15-11-4-1-5-12(11)15)18-9-3-7-10-13(17(20)21)6-2-8-14(10)18/h2,6,8,11-12,15H,1,3-5,7,9H2,(H,20,21). The molecule has 1 N–H and O–H groups in total. The Hall–Kier alpha value is -1.84. The van der Waals surface area contributed by atoms with Crippen LogP contribution in [-0.4, -0.2) is 23.5 Å². The van der Waals surface area contributed by atoms with Gasteiger partial charge in [-0.2, -0.15) is 0 Å². The summed E-state index contributed by atoms with van der Waals surface area (Å²) in [7, 11) is 0. The maximum absolute atomic E-state index is 12.8. The summed E-state index contributed by atoms with van der Waals surface area (Å²) in [5, 5.41) is 9.32. The van der Waals surface area contributed by atoms with Crippen molar-refractivity contribution in [2.75, 3.05) is 11.4 Å². The Bertz CT molecular complexity index is 614. The Morgan fingerprint density at radius 3 is 2.62 bits per heavy atom. The number of hydrogen-bond donors (Lipinski definition) is 1. The van der Waals surface area contributed by atoms with Crippen LogP contribution in [0.2, 0.25) is 0 Å². The van der Waals surface area contributed by atoms with E-state index in [0.717, 1.165) is 30.6 Å². The van der Waals surface area contributed by atoms with Crippen molar-refractivity contribution in [3.8, 4) is 0 Å². The number of nitrogens with zero attached hydrogens (tertiary/aromatic N) is 1. The molecule has 1 aliphatic heterocycles. The van der Waals surface area contributed by atoms with Gasteiger partial charge in [0.25, 0.3) is 0 Å². The first kappa shape index (κ1) is 12.9. The average molecular weight is 285 g/mol. The lowest BCUT2D eigenvalue weighted by Gasteiger charge is -2.31. The number of carboxylic acids is 1. The molecule has 1 aromatic rings. The fraction of sp³-hybridized carbons (Fsp3) is 0.529. The summed E-state index contributed by atoms with van der Waals surface area (Å²) in [5.41, 5.74) is 2.01. The van der Waals surface area contributed by atoms with Gasteiger partial charge in [0.1, 0.15) is 0 Å². The fourth-order valence-corrected chi connectivity index (χ4v) is 4.42. The summed E-state index contributed by atoms with van der Waals surface area (Å²) >= 11 is 0. The van der Waals surface area contributed by atoms with Gasteiger partial charge in [0, 0.05) is 18.2 Å². The van der Waals surface area contributed by atoms with Crippen LogP contribution in [0.15, 0.2) is 18.2 Å². The third-order valence-corrected chi connectivity index (χ3v) is 5.44. The molecule has 4 nitrogen and oxygen atoms in total. The normalized spacial score (nSPS) is 29.7. The molecule has 2 fully saturated rings. The van der Waals surface area contributed by atoms with Gasteiger partial charge in [0.2, 0.25) is 5.91 Å². The van der Waals surface area contributed by atoms with E-state index < -0.39 is 5.97 Å². The second kappa shape index (κ2) is 4.58. The van der Waals surface area contributed by atoms with Gasteiger partial charge in [-0.25, -0.2) is 4.79 Å². The minimum Gasteiger partial charge on any atom is -0.478 e. The summed E-state index contributed by atoms with van der Waals surface area (Å²) < 4.78 is 0. The number of hydrogen-bond acceptors (Lipinski definition) is 2. The first-order chi connectivity index (χ1) is 10.2. The number of rotatable bonds is 2. The average Bonchev–Trinajstić information content (AvgIpc) is 2.97. The molecule has 0 bridgehead atoms. The molecule has 4 heteroatoms. The van der Waals surface area contributed by atoms with E-state index >= 15 is 0 Å². The van der Waals surface area contributed by atoms with E-state index in [1.807, 2.05) is 11.0 Å². The van der Waals surface area contributed by atoms with Crippen LogP contribution in [-0.2, 0) is 11.2 Å². The molecular weight excluding hydrogens is 266 g/mol. The van der Waals surface area contributed by atoms with Crippen molar-refractivity contribution in [2.24, 2.45) is 17.8 Å². The lowest BCUT2D eigenvalue weighted by molar-refractivity contribution is -0.120. The van der Waals surface area contributed by atoms with Crippen LogP contribution in [0.4, 0.5) is 5.69 Å². The van der Waals surface area contributed by atoms with E-state index in [2.05, 4.69) is 0 Å². The van der Waals surface area contributed by atoms with Gasteiger partial charge in [-0.1, -0.05) is 12.5 Å². The molecule has 1 amide bonds. The first-order valence-electron chi connectivity index (χ1n) is 7.85. The lowest BCUT2D eigenvalue weighted by atomic mass is 9.95. The smallest absolute Gasteiger partial charge is 0.336 e. The Labute approximate surface area is 123 Å². The van der Waals surface area contributed by atoms with Crippen LogP contribution in [0.3, 0.4) is 0 Å². The predicted octanol–water partition coefficient (Wildman–Crippen LogP) is 2.71. The molecule has 4 rings (SSSR count). The number of anilines is 1. The van der Waals surface area contributed by atoms with Crippen molar-refractivity contribution >= 4 is 17.6 Å². The minimum atomic E-state index is -0.899. The molecule has 3 aliphatic rings. The number of amides is 1. The second-order valence-corrected chi connectivity index (χ2v) is 6.49. The summed E-state index contributed by atoms with van der Waals surface area (Å²) in [5.74, 6) is 0.742. The van der Waals surface area contributed by atoms with Crippen molar-refractivity contribution in [3.63, 3.8) is 0 Å². The lowest BCUT2D eigenvalue weighted by Crippen LogP contribution is -2.38. The molecule has 2 unspecified atom stereocenters. The van der Waals surface area contributed by atoms with Crippen LogP contribution in [0, 0.1) is 17.8 Å². The van der Waals surface area contributed by atoms with E-state index in [1.54, 1.807) is 12.1 Å². The zero-order valence-electron chi connectivity index (χ0n) is 11.9. The molecule has 21 heavy (non-hydrogen) atoms. The monoisotopic (exact) mass is 285 g/mol. The van der Waals surface area contributed by atoms with E-state index in [9.17, 15) is 14.7 Å². The van der Waals surface area contributed by atoms with E-state index in [1.165, 1.54) is 19.3 Å². The highest BCUT2D eigenvalue weighted by molar-refractivity contribution is 6.00. The van der Waals surface area contributed by atoms with Crippen molar-refractivity contribution in [2.45, 2.75) is 32.1 Å². The number of carbonyl (C=O) groups is 2. The fourth-order valence-electron chi connectivity index (χ4n) is 4.42. The summed E-state index contributed by atoms with van der Waals surface area (Å²) in [6.07, 6.45) is 5.25. The van der Waals surface area contributed by atoms with Crippen LogP contribution in [0.5, 0.6) is 0 Å². The highest BCUT2D eigenvalue weighted by Crippen LogP contribution is 2.58. The molecule has 2 aliphatic carbocycles. The zero-order chi connectivity index (χ0) is 14.6. The molecule has 2 saturated carbocycles. The van der Waals surface area contributed by atoms with Gasteiger partial charge in [-0.05, 0) is 55.2 Å². The Morgan fingerprint density at radius 2 is 1.90 bits per heavy atom. The highest BCUT2D eigenvalue weighted by Gasteiger charge is 2.57. The largest absolute Gasteiger partial charge is 0.478 e. The quantitative estimate of drug-likeness (QED) is 0.909. The number of benzene rings is 1. The van der Waals surface area contributed by atoms with Crippen molar-refractivity contribution in [1.29, 1.82) is 0 Å². The van der Waals surface area contributed by atoms with Gasteiger partial charge in [0.05, 0.1) is 5.56 Å². The van der Waals surface area contributed by atoms with E-state index in [0.29, 0.717) is 17.4 Å². The molecule has 1 aromatic carbocycles. The summed E-state index contributed by atoms with van der Waals surface area (Å²) in [6, 6.07) is 5.29. The minimum absolute atomic E-state index is 0.207. The number of aromatic carboxylic acids is 1. The maximum atomic E-state index is 12.8. The Morgan fingerprint density at radius 1 is 1.14 bits per heavy atom. The van der Waals surface area contributed by atoms with Gasteiger partial charge in [-0.15, -0.1) is 0 Å².